The summed E-state index contributed by atoms with van der Waals surface area (Å²) in [7, 11) is 0. The molecular weight excluding hydrogens is 188 g/mol. The molecule has 0 aromatic rings. The van der Waals surface area contributed by atoms with E-state index < -0.39 is 11.7 Å². The molecule has 0 saturated carbocycles. The van der Waals surface area contributed by atoms with Gasteiger partial charge in [0.15, 0.2) is 0 Å². The van der Waals surface area contributed by atoms with Gasteiger partial charge in [-0.2, -0.15) is 0 Å². The first-order valence-corrected chi connectivity index (χ1v) is 5.38. The van der Waals surface area contributed by atoms with Gasteiger partial charge >= 0.3 is 0 Å². The highest BCUT2D eigenvalue weighted by molar-refractivity contribution is 6.22. The summed E-state index contributed by atoms with van der Waals surface area (Å²) >= 11 is 6.23. The minimum absolute atomic E-state index is 0.244. The van der Waals surface area contributed by atoms with Crippen LogP contribution in [0.15, 0.2) is 0 Å². The molecule has 0 amide bonds. The largest absolute Gasteiger partial charge is 0.388 e. The zero-order valence-corrected chi connectivity index (χ0v) is 9.14. The van der Waals surface area contributed by atoms with E-state index in [2.05, 4.69) is 13.8 Å². The van der Waals surface area contributed by atoms with E-state index in [4.69, 9.17) is 16.3 Å². The van der Waals surface area contributed by atoms with Crippen molar-refractivity contribution in [3.63, 3.8) is 0 Å². The monoisotopic (exact) mass is 204 g/mol. The normalized spacial score (nSPS) is 54.9. The van der Waals surface area contributed by atoms with Gasteiger partial charge in [0.25, 0.3) is 0 Å². The lowest BCUT2D eigenvalue weighted by Gasteiger charge is -2.34. The van der Waals surface area contributed by atoms with Crippen LogP contribution in [0.3, 0.4) is 0 Å². The summed E-state index contributed by atoms with van der Waals surface area (Å²) in [5.74, 6) is 0.369. The van der Waals surface area contributed by atoms with Crippen LogP contribution in [-0.4, -0.2) is 27.8 Å². The van der Waals surface area contributed by atoms with E-state index in [0.29, 0.717) is 5.92 Å². The third-order valence-corrected chi connectivity index (χ3v) is 4.39. The molecular formula is C10H17ClO2. The first-order chi connectivity index (χ1) is 5.92. The molecule has 2 rings (SSSR count). The van der Waals surface area contributed by atoms with Crippen LogP contribution in [-0.2, 0) is 4.74 Å². The van der Waals surface area contributed by atoms with Crippen LogP contribution < -0.4 is 0 Å². The average Bonchev–Trinajstić information content (AvgIpc) is 2.50. The number of ether oxygens (including phenoxy) is 1. The summed E-state index contributed by atoms with van der Waals surface area (Å²) in [6, 6.07) is 0. The van der Waals surface area contributed by atoms with Crippen molar-refractivity contribution in [2.75, 3.05) is 0 Å². The molecule has 2 bridgehead atoms. The van der Waals surface area contributed by atoms with Gasteiger partial charge in [0.05, 0.1) is 16.6 Å². The first kappa shape index (κ1) is 9.75. The molecule has 2 aliphatic rings. The first-order valence-electron chi connectivity index (χ1n) is 4.95. The number of fused-ring (bicyclic) bond motifs is 2. The van der Waals surface area contributed by atoms with Gasteiger partial charge in [-0.1, -0.05) is 13.8 Å². The van der Waals surface area contributed by atoms with Crippen molar-refractivity contribution >= 4 is 11.6 Å². The smallest absolute Gasteiger partial charge is 0.102 e. The predicted octanol–water partition coefficient (Wildman–Crippen LogP) is 1.93. The van der Waals surface area contributed by atoms with Crippen LogP contribution in [0.2, 0.25) is 0 Å². The summed E-state index contributed by atoms with van der Waals surface area (Å²) in [6.07, 6.45) is 1.40. The molecule has 0 aliphatic carbocycles. The molecule has 2 nitrogen and oxygen atoms in total. The summed E-state index contributed by atoms with van der Waals surface area (Å²) < 4.78 is 5.95. The Hall–Kier alpha value is 0.210. The fourth-order valence-corrected chi connectivity index (χ4v) is 3.36. The standard InChI is InChI=1S/C10H17ClO2/c1-6(2)10-5-4-9(3,13-10)8(12)7(10)11/h6-8,12H,4-5H2,1-3H3/t7-,8-,9+,10+/m1/s1. The van der Waals surface area contributed by atoms with Crippen LogP contribution in [0.25, 0.3) is 0 Å². The molecule has 13 heavy (non-hydrogen) atoms. The van der Waals surface area contributed by atoms with Crippen LogP contribution in [0, 0.1) is 5.92 Å². The minimum atomic E-state index is -0.509. The fraction of sp³-hybridized carbons (Fsp3) is 1.00. The Balaban J connectivity index is 2.34. The Morgan fingerprint density at radius 2 is 2.08 bits per heavy atom. The van der Waals surface area contributed by atoms with E-state index >= 15 is 0 Å². The van der Waals surface area contributed by atoms with Crippen molar-refractivity contribution in [3.05, 3.63) is 0 Å². The third kappa shape index (κ3) is 1.03. The van der Waals surface area contributed by atoms with E-state index in [-0.39, 0.29) is 11.0 Å². The molecule has 2 saturated heterocycles. The van der Waals surface area contributed by atoms with Gasteiger partial charge in [-0.25, -0.2) is 0 Å². The zero-order chi connectivity index (χ0) is 9.85. The SMILES string of the molecule is CC(C)[C@]12CC[C@](C)(O1)[C@H](O)[C@H]2Cl. The summed E-state index contributed by atoms with van der Waals surface area (Å²) in [5.41, 5.74) is -0.674. The predicted molar refractivity (Wildman–Crippen MR) is 51.9 cm³/mol. The Bertz CT molecular complexity index is 231. The number of aliphatic hydroxyl groups is 1. The Labute approximate surface area is 84.2 Å². The van der Waals surface area contributed by atoms with E-state index in [1.807, 2.05) is 6.92 Å². The van der Waals surface area contributed by atoms with E-state index in [1.54, 1.807) is 0 Å². The summed E-state index contributed by atoms with van der Waals surface area (Å²) in [6.45, 7) is 6.18. The van der Waals surface area contributed by atoms with Gasteiger partial charge in [0, 0.05) is 0 Å². The van der Waals surface area contributed by atoms with Crippen LogP contribution in [0.1, 0.15) is 33.6 Å². The Morgan fingerprint density at radius 3 is 2.38 bits per heavy atom. The third-order valence-electron chi connectivity index (χ3n) is 3.78. The maximum absolute atomic E-state index is 9.90. The molecule has 0 spiro atoms. The molecule has 0 aromatic heterocycles. The maximum atomic E-state index is 9.90. The summed E-state index contributed by atoms with van der Waals surface area (Å²) in [5, 5.41) is 9.66. The van der Waals surface area contributed by atoms with Crippen molar-refractivity contribution < 1.29 is 9.84 Å². The molecule has 0 unspecified atom stereocenters. The second-order valence-electron chi connectivity index (χ2n) is 4.87. The molecule has 2 aliphatic heterocycles. The maximum Gasteiger partial charge on any atom is 0.102 e. The molecule has 0 aromatic carbocycles. The number of rotatable bonds is 1. The molecule has 0 radical (unpaired) electrons. The highest BCUT2D eigenvalue weighted by atomic mass is 35.5. The van der Waals surface area contributed by atoms with Crippen molar-refractivity contribution in [2.45, 2.75) is 56.3 Å². The minimum Gasteiger partial charge on any atom is -0.388 e. The van der Waals surface area contributed by atoms with E-state index in [0.717, 1.165) is 12.8 Å². The van der Waals surface area contributed by atoms with Crippen molar-refractivity contribution in [3.8, 4) is 0 Å². The second kappa shape index (κ2) is 2.62. The highest BCUT2D eigenvalue weighted by Crippen LogP contribution is 2.55. The molecule has 2 fully saturated rings. The van der Waals surface area contributed by atoms with Crippen molar-refractivity contribution in [2.24, 2.45) is 5.92 Å². The number of halogens is 1. The van der Waals surface area contributed by atoms with Crippen LogP contribution in [0.4, 0.5) is 0 Å². The number of hydrogen-bond donors (Lipinski definition) is 1. The summed E-state index contributed by atoms with van der Waals surface area (Å²) in [4.78, 5) is 0. The van der Waals surface area contributed by atoms with Gasteiger partial charge in [0.2, 0.25) is 0 Å². The number of hydrogen-bond acceptors (Lipinski definition) is 2. The second-order valence-corrected chi connectivity index (χ2v) is 5.34. The van der Waals surface area contributed by atoms with Gasteiger partial charge in [0.1, 0.15) is 6.10 Å². The molecule has 2 heterocycles. The van der Waals surface area contributed by atoms with Crippen molar-refractivity contribution in [1.29, 1.82) is 0 Å². The molecule has 1 N–H and O–H groups in total. The van der Waals surface area contributed by atoms with Gasteiger partial charge in [-0.15, -0.1) is 11.6 Å². The van der Waals surface area contributed by atoms with Gasteiger partial charge in [-0.3, -0.25) is 0 Å². The lowest BCUT2D eigenvalue weighted by atomic mass is 9.75. The molecule has 4 atom stereocenters. The fourth-order valence-electron chi connectivity index (χ4n) is 2.68. The average molecular weight is 205 g/mol. The quantitative estimate of drug-likeness (QED) is 0.662. The topological polar surface area (TPSA) is 29.5 Å². The van der Waals surface area contributed by atoms with Crippen molar-refractivity contribution in [1.82, 2.24) is 0 Å². The Morgan fingerprint density at radius 1 is 1.46 bits per heavy atom. The lowest BCUT2D eigenvalue weighted by Crippen LogP contribution is -2.47. The van der Waals surface area contributed by atoms with E-state index in [1.165, 1.54) is 0 Å². The van der Waals surface area contributed by atoms with E-state index in [9.17, 15) is 5.11 Å². The molecule has 76 valence electrons. The van der Waals surface area contributed by atoms with Crippen LogP contribution in [0.5, 0.6) is 0 Å². The number of aliphatic hydroxyl groups excluding tert-OH is 1. The molecule has 3 heteroatoms. The Kier molecular flexibility index (Phi) is 1.96. The lowest BCUT2D eigenvalue weighted by molar-refractivity contribution is -0.0799. The van der Waals surface area contributed by atoms with Gasteiger partial charge in [-0.05, 0) is 25.7 Å². The highest BCUT2D eigenvalue weighted by Gasteiger charge is 2.65. The number of alkyl halides is 1. The zero-order valence-electron chi connectivity index (χ0n) is 8.38. The van der Waals surface area contributed by atoms with Gasteiger partial charge < -0.3 is 9.84 Å². The van der Waals surface area contributed by atoms with Crippen LogP contribution >= 0.6 is 11.6 Å².